The number of fused-ring (bicyclic) bond motifs is 2. The smallest absolute Gasteiger partial charge is 0.0627 e. The lowest BCUT2D eigenvalue weighted by Gasteiger charge is -2.26. The fourth-order valence-corrected chi connectivity index (χ4v) is 3.25. The Bertz CT molecular complexity index is 390. The molecule has 0 spiro atoms. The molecule has 0 radical (unpaired) electrons. The molecule has 1 aromatic carbocycles. The summed E-state index contributed by atoms with van der Waals surface area (Å²) in [6, 6.07) is 8.60. The minimum atomic E-state index is 0.150. The van der Waals surface area contributed by atoms with Crippen molar-refractivity contribution in [1.82, 2.24) is 0 Å². The topological polar surface area (TPSA) is 35.2 Å². The Balaban J connectivity index is 1.83. The summed E-state index contributed by atoms with van der Waals surface area (Å²) in [6.07, 6.45) is 4.50. The second kappa shape index (κ2) is 3.86. The van der Waals surface area contributed by atoms with Crippen LogP contribution in [0.3, 0.4) is 0 Å². The summed E-state index contributed by atoms with van der Waals surface area (Å²) in [6.45, 7) is 2.14. The summed E-state index contributed by atoms with van der Waals surface area (Å²) in [4.78, 5) is 0. The molecule has 1 aromatic rings. The standard InChI is InChI=1S/C14H19NO/c1-9-4-2-3-5-11(9)14(15)12-8-10-6-7-13(12)16-10/h2-5,10,12-14H,6-8,15H2,1H3. The lowest BCUT2D eigenvalue weighted by molar-refractivity contribution is 0.0884. The van der Waals surface area contributed by atoms with Gasteiger partial charge in [-0.3, -0.25) is 0 Å². The highest BCUT2D eigenvalue weighted by Gasteiger charge is 2.43. The van der Waals surface area contributed by atoms with Crippen molar-refractivity contribution >= 4 is 0 Å². The molecule has 3 rings (SSSR count). The maximum atomic E-state index is 6.41. The minimum Gasteiger partial charge on any atom is -0.375 e. The Hall–Kier alpha value is -0.860. The van der Waals surface area contributed by atoms with Gasteiger partial charge >= 0.3 is 0 Å². The van der Waals surface area contributed by atoms with Gasteiger partial charge in [0.1, 0.15) is 0 Å². The molecular formula is C14H19NO. The molecule has 4 atom stereocenters. The first-order chi connectivity index (χ1) is 7.75. The summed E-state index contributed by atoms with van der Waals surface area (Å²) in [5, 5.41) is 0. The number of hydrogen-bond donors (Lipinski definition) is 1. The van der Waals surface area contributed by atoms with Crippen LogP contribution < -0.4 is 5.73 Å². The lowest BCUT2D eigenvalue weighted by atomic mass is 9.80. The van der Waals surface area contributed by atoms with E-state index in [0.29, 0.717) is 18.1 Å². The predicted octanol–water partition coefficient (Wildman–Crippen LogP) is 2.56. The Morgan fingerprint density at radius 2 is 2.12 bits per heavy atom. The molecule has 0 aromatic heterocycles. The number of benzene rings is 1. The maximum absolute atomic E-state index is 6.41. The van der Waals surface area contributed by atoms with Crippen LogP contribution in [0.4, 0.5) is 0 Å². The van der Waals surface area contributed by atoms with E-state index in [1.54, 1.807) is 0 Å². The van der Waals surface area contributed by atoms with Gasteiger partial charge in [0.25, 0.3) is 0 Å². The summed E-state index contributed by atoms with van der Waals surface area (Å²) in [7, 11) is 0. The third-order valence-electron chi connectivity index (χ3n) is 4.16. The van der Waals surface area contributed by atoms with E-state index in [-0.39, 0.29) is 6.04 Å². The van der Waals surface area contributed by atoms with Gasteiger partial charge in [-0.05, 0) is 37.3 Å². The van der Waals surface area contributed by atoms with Crippen molar-refractivity contribution in [2.75, 3.05) is 0 Å². The van der Waals surface area contributed by atoms with E-state index in [0.717, 1.165) is 6.42 Å². The summed E-state index contributed by atoms with van der Waals surface area (Å²) in [5.41, 5.74) is 9.01. The van der Waals surface area contributed by atoms with Crippen molar-refractivity contribution in [3.05, 3.63) is 35.4 Å². The number of hydrogen-bond acceptors (Lipinski definition) is 2. The summed E-state index contributed by atoms with van der Waals surface area (Å²) < 4.78 is 5.89. The Morgan fingerprint density at radius 1 is 1.31 bits per heavy atom. The van der Waals surface area contributed by atoms with E-state index in [1.807, 2.05) is 0 Å². The van der Waals surface area contributed by atoms with Crippen molar-refractivity contribution < 1.29 is 4.74 Å². The molecule has 2 aliphatic heterocycles. The molecule has 16 heavy (non-hydrogen) atoms. The van der Waals surface area contributed by atoms with Gasteiger partial charge in [-0.15, -0.1) is 0 Å². The number of aryl methyl sites for hydroxylation is 1. The molecule has 2 heteroatoms. The van der Waals surface area contributed by atoms with Crippen molar-refractivity contribution in [3.63, 3.8) is 0 Å². The highest BCUT2D eigenvalue weighted by Crippen LogP contribution is 2.44. The van der Waals surface area contributed by atoms with Crippen LogP contribution in [0, 0.1) is 12.8 Å². The van der Waals surface area contributed by atoms with Crippen LogP contribution in [0.1, 0.15) is 36.4 Å². The molecule has 2 saturated heterocycles. The Kier molecular flexibility index (Phi) is 2.49. The Morgan fingerprint density at radius 3 is 2.75 bits per heavy atom. The van der Waals surface area contributed by atoms with E-state index in [2.05, 4.69) is 31.2 Å². The fourth-order valence-electron chi connectivity index (χ4n) is 3.25. The van der Waals surface area contributed by atoms with Gasteiger partial charge in [0.05, 0.1) is 12.2 Å². The molecule has 2 N–H and O–H groups in total. The molecule has 4 unspecified atom stereocenters. The van der Waals surface area contributed by atoms with Crippen molar-refractivity contribution in [2.24, 2.45) is 11.7 Å². The normalized spacial score (nSPS) is 34.2. The minimum absolute atomic E-state index is 0.150. The van der Waals surface area contributed by atoms with Crippen LogP contribution in [0.2, 0.25) is 0 Å². The van der Waals surface area contributed by atoms with Crippen LogP contribution in [-0.2, 0) is 4.74 Å². The monoisotopic (exact) mass is 217 g/mol. The molecular weight excluding hydrogens is 198 g/mol. The molecule has 0 aliphatic carbocycles. The number of rotatable bonds is 2. The van der Waals surface area contributed by atoms with E-state index < -0.39 is 0 Å². The molecule has 0 saturated carbocycles. The molecule has 2 fully saturated rings. The van der Waals surface area contributed by atoms with Gasteiger partial charge in [0, 0.05) is 12.0 Å². The highest BCUT2D eigenvalue weighted by atomic mass is 16.5. The van der Waals surface area contributed by atoms with Crippen LogP contribution >= 0.6 is 0 Å². The molecule has 2 heterocycles. The van der Waals surface area contributed by atoms with Gasteiger partial charge in [-0.25, -0.2) is 0 Å². The first kappa shape index (κ1) is 10.3. The van der Waals surface area contributed by atoms with Gasteiger partial charge in [0.2, 0.25) is 0 Å². The van der Waals surface area contributed by atoms with Crippen molar-refractivity contribution in [2.45, 2.75) is 44.4 Å². The van der Waals surface area contributed by atoms with E-state index in [1.165, 1.54) is 24.0 Å². The van der Waals surface area contributed by atoms with Gasteiger partial charge < -0.3 is 10.5 Å². The highest BCUT2D eigenvalue weighted by molar-refractivity contribution is 5.29. The number of ether oxygens (including phenoxy) is 1. The first-order valence-corrected chi connectivity index (χ1v) is 6.22. The van der Waals surface area contributed by atoms with Crippen LogP contribution in [-0.4, -0.2) is 12.2 Å². The summed E-state index contributed by atoms with van der Waals surface area (Å²) in [5.74, 6) is 0.528. The fraction of sp³-hybridized carbons (Fsp3) is 0.571. The van der Waals surface area contributed by atoms with Crippen LogP contribution in [0.15, 0.2) is 24.3 Å². The van der Waals surface area contributed by atoms with Crippen molar-refractivity contribution in [1.29, 1.82) is 0 Å². The van der Waals surface area contributed by atoms with Gasteiger partial charge in [-0.2, -0.15) is 0 Å². The largest absolute Gasteiger partial charge is 0.375 e. The van der Waals surface area contributed by atoms with Crippen LogP contribution in [0.25, 0.3) is 0 Å². The van der Waals surface area contributed by atoms with E-state index in [4.69, 9.17) is 10.5 Å². The van der Waals surface area contributed by atoms with Crippen molar-refractivity contribution in [3.8, 4) is 0 Å². The predicted molar refractivity (Wildman–Crippen MR) is 64.1 cm³/mol. The zero-order valence-electron chi connectivity index (χ0n) is 9.73. The second-order valence-electron chi connectivity index (χ2n) is 5.16. The zero-order chi connectivity index (χ0) is 11.1. The SMILES string of the molecule is Cc1ccccc1C(N)C1CC2CCC1O2. The lowest BCUT2D eigenvalue weighted by Crippen LogP contribution is -2.29. The average Bonchev–Trinajstić information content (AvgIpc) is 2.90. The second-order valence-corrected chi connectivity index (χ2v) is 5.16. The quantitative estimate of drug-likeness (QED) is 0.826. The van der Waals surface area contributed by atoms with Crippen LogP contribution in [0.5, 0.6) is 0 Å². The van der Waals surface area contributed by atoms with Gasteiger partial charge in [-0.1, -0.05) is 24.3 Å². The first-order valence-electron chi connectivity index (χ1n) is 6.22. The summed E-state index contributed by atoms with van der Waals surface area (Å²) >= 11 is 0. The maximum Gasteiger partial charge on any atom is 0.0627 e. The van der Waals surface area contributed by atoms with E-state index in [9.17, 15) is 0 Å². The van der Waals surface area contributed by atoms with Gasteiger partial charge in [0.15, 0.2) is 0 Å². The molecule has 86 valence electrons. The average molecular weight is 217 g/mol. The zero-order valence-corrected chi connectivity index (χ0v) is 9.73. The third kappa shape index (κ3) is 1.57. The molecule has 2 nitrogen and oxygen atoms in total. The third-order valence-corrected chi connectivity index (χ3v) is 4.16. The number of nitrogens with two attached hydrogens (primary N) is 1. The molecule has 2 bridgehead atoms. The Labute approximate surface area is 96.8 Å². The van der Waals surface area contributed by atoms with E-state index >= 15 is 0 Å². The molecule has 2 aliphatic rings. The molecule has 0 amide bonds.